The lowest BCUT2D eigenvalue weighted by atomic mass is 9.45. The average molecular weight is 552 g/mol. The molecular weight excluding hydrogens is 522 g/mol. The average Bonchev–Trinajstić information content (AvgIpc) is 2.99. The Balaban J connectivity index is 1.87. The number of aliphatic hydroxyl groups is 1. The summed E-state index contributed by atoms with van der Waals surface area (Å²) in [5, 5.41) is 11.7. The molecule has 0 spiro atoms. The van der Waals surface area contributed by atoms with Crippen molar-refractivity contribution in [2.75, 3.05) is 6.61 Å². The van der Waals surface area contributed by atoms with Crippen LogP contribution in [0.2, 0.25) is 0 Å². The molecule has 0 heterocycles. The van der Waals surface area contributed by atoms with Crippen LogP contribution in [-0.2, 0) is 23.9 Å². The second-order valence-corrected chi connectivity index (χ2v) is 12.4. The minimum atomic E-state index is -1.80. The number of fused-ring (bicyclic) bond motifs is 5. The van der Waals surface area contributed by atoms with Crippen molar-refractivity contribution >= 4 is 52.5 Å². The van der Waals surface area contributed by atoms with Gasteiger partial charge in [0.2, 0.25) is 10.4 Å². The number of carbonyl (C=O) groups is 3. The molecule has 4 aliphatic rings. The molecule has 3 fully saturated rings. The molecule has 35 heavy (non-hydrogen) atoms. The summed E-state index contributed by atoms with van der Waals surface area (Å²) in [6.07, 6.45) is 1.82. The number of esters is 2. The van der Waals surface area contributed by atoms with E-state index in [0.717, 1.165) is 0 Å². The lowest BCUT2D eigenvalue weighted by molar-refractivity contribution is -0.216. The Bertz CT molecular complexity index is 1020. The van der Waals surface area contributed by atoms with Crippen LogP contribution in [0.15, 0.2) is 23.8 Å². The van der Waals surface area contributed by atoms with Crippen LogP contribution in [0, 0.1) is 28.6 Å². The molecule has 0 aromatic heterocycles. The summed E-state index contributed by atoms with van der Waals surface area (Å²) in [6.45, 7) is 6.93. The zero-order valence-corrected chi connectivity index (χ0v) is 22.3. The molecule has 9 atom stereocenters. The largest absolute Gasteiger partial charge is 0.463 e. The van der Waals surface area contributed by atoms with Gasteiger partial charge in [-0.05, 0) is 55.7 Å². The fourth-order valence-corrected chi connectivity index (χ4v) is 8.24. The van der Waals surface area contributed by atoms with E-state index in [1.807, 2.05) is 0 Å². The van der Waals surface area contributed by atoms with Gasteiger partial charge in [-0.1, -0.05) is 50.0 Å². The van der Waals surface area contributed by atoms with Gasteiger partial charge in [0, 0.05) is 16.7 Å². The van der Waals surface area contributed by atoms with Crippen molar-refractivity contribution in [2.45, 2.75) is 74.5 Å². The van der Waals surface area contributed by atoms with Crippen LogP contribution in [-0.4, -0.2) is 57.0 Å². The monoisotopic (exact) mass is 550 g/mol. The first-order valence-electron chi connectivity index (χ1n) is 11.8. The Labute approximate surface area is 219 Å². The zero-order chi connectivity index (χ0) is 26.1. The second-order valence-electron chi connectivity index (χ2n) is 10.7. The Morgan fingerprint density at radius 1 is 1.26 bits per heavy atom. The Kier molecular flexibility index (Phi) is 6.70. The van der Waals surface area contributed by atoms with Crippen LogP contribution in [0.3, 0.4) is 0 Å². The molecular formula is C25H30Cl3FO6. The fourth-order valence-electron chi connectivity index (χ4n) is 7.66. The summed E-state index contributed by atoms with van der Waals surface area (Å²) in [5.41, 5.74) is -3.82. The lowest BCUT2D eigenvalue weighted by Crippen LogP contribution is -2.70. The van der Waals surface area contributed by atoms with E-state index >= 15 is 4.39 Å². The predicted octanol–water partition coefficient (Wildman–Crippen LogP) is 4.47. The highest BCUT2D eigenvalue weighted by Gasteiger charge is 2.78. The van der Waals surface area contributed by atoms with Gasteiger partial charge >= 0.3 is 11.9 Å². The summed E-state index contributed by atoms with van der Waals surface area (Å²) < 4.78 is 26.8. The van der Waals surface area contributed by atoms with E-state index < -0.39 is 68.1 Å². The Morgan fingerprint density at radius 3 is 2.51 bits per heavy atom. The molecule has 0 aliphatic heterocycles. The molecule has 0 unspecified atom stereocenters. The Morgan fingerprint density at radius 2 is 1.91 bits per heavy atom. The number of ketones is 1. The van der Waals surface area contributed by atoms with Crippen LogP contribution in [0.5, 0.6) is 0 Å². The SMILES string of the molecule is CCOC(=O)[C@@]1(OC(=O)C(Cl)Cl)[C@H](C)C[C@H]2[C@@H]3C[C@H](F)C4=CC(=O)C=C[C@]4(C)[C@@]3(Cl)[C@@H](O)C[C@@]21C. The second kappa shape index (κ2) is 8.71. The molecule has 4 aliphatic carbocycles. The first-order valence-corrected chi connectivity index (χ1v) is 13.1. The van der Waals surface area contributed by atoms with Gasteiger partial charge in [0.15, 0.2) is 5.78 Å². The molecule has 0 aromatic rings. The van der Waals surface area contributed by atoms with Gasteiger partial charge < -0.3 is 14.6 Å². The molecule has 0 aromatic carbocycles. The van der Waals surface area contributed by atoms with Gasteiger partial charge in [-0.2, -0.15) is 0 Å². The third kappa shape index (κ3) is 3.40. The standard InChI is InChI=1S/C25H30Cl3FO6/c1-5-34-21(33)25(35-20(32)19(26)27)12(2)8-14-15-10-17(29)16-9-13(30)6-7-22(16,3)24(15,28)18(31)11-23(14,25)4/h6-7,9,12,14-15,17-19,31H,5,8,10-11H2,1-4H3/t12-,14+,15+,17+,18+,22+,23+,24+,25+/m1/s1. The van der Waals surface area contributed by atoms with Crippen LogP contribution in [0.4, 0.5) is 4.39 Å². The third-order valence-electron chi connectivity index (χ3n) is 9.19. The van der Waals surface area contributed by atoms with Gasteiger partial charge in [-0.15, -0.1) is 11.6 Å². The molecule has 4 rings (SSSR count). The van der Waals surface area contributed by atoms with Gasteiger partial charge in [0.05, 0.1) is 17.6 Å². The summed E-state index contributed by atoms with van der Waals surface area (Å²) in [7, 11) is 0. The molecule has 0 radical (unpaired) electrons. The summed E-state index contributed by atoms with van der Waals surface area (Å²) in [6, 6.07) is 0. The van der Waals surface area contributed by atoms with Crippen LogP contribution >= 0.6 is 34.8 Å². The maximum Gasteiger partial charge on any atom is 0.351 e. The first-order chi connectivity index (χ1) is 16.2. The third-order valence-corrected chi connectivity index (χ3v) is 10.5. The minimum absolute atomic E-state index is 0.0229. The summed E-state index contributed by atoms with van der Waals surface area (Å²) >= 11 is 18.9. The zero-order valence-electron chi connectivity index (χ0n) is 20.0. The van der Waals surface area contributed by atoms with E-state index in [4.69, 9.17) is 44.3 Å². The van der Waals surface area contributed by atoms with E-state index in [0.29, 0.717) is 6.42 Å². The molecule has 0 bridgehead atoms. The van der Waals surface area contributed by atoms with Crippen LogP contribution in [0.1, 0.15) is 47.0 Å². The van der Waals surface area contributed by atoms with E-state index in [2.05, 4.69) is 0 Å². The number of ether oxygens (including phenoxy) is 2. The maximum absolute atomic E-state index is 15.7. The number of halogens is 4. The number of alkyl halides is 4. The highest BCUT2D eigenvalue weighted by atomic mass is 35.5. The number of hydrogen-bond acceptors (Lipinski definition) is 6. The van der Waals surface area contributed by atoms with E-state index in [1.165, 1.54) is 12.2 Å². The quantitative estimate of drug-likeness (QED) is 0.410. The van der Waals surface area contributed by atoms with Crippen molar-refractivity contribution in [2.24, 2.45) is 28.6 Å². The predicted molar refractivity (Wildman–Crippen MR) is 129 cm³/mol. The van der Waals surface area contributed by atoms with E-state index in [1.54, 1.807) is 33.8 Å². The van der Waals surface area contributed by atoms with Gasteiger partial charge in [-0.3, -0.25) is 4.79 Å². The molecule has 3 saturated carbocycles. The molecule has 0 saturated heterocycles. The van der Waals surface area contributed by atoms with Crippen molar-refractivity contribution < 1.29 is 33.4 Å². The van der Waals surface area contributed by atoms with Gasteiger partial charge in [-0.25, -0.2) is 14.0 Å². The highest BCUT2D eigenvalue weighted by Crippen LogP contribution is 2.72. The number of carbonyl (C=O) groups excluding carboxylic acids is 3. The van der Waals surface area contributed by atoms with Crippen molar-refractivity contribution in [3.63, 3.8) is 0 Å². The molecule has 1 N–H and O–H groups in total. The lowest BCUT2D eigenvalue weighted by Gasteiger charge is -2.64. The van der Waals surface area contributed by atoms with Crippen LogP contribution in [0.25, 0.3) is 0 Å². The van der Waals surface area contributed by atoms with Gasteiger partial charge in [0.1, 0.15) is 6.17 Å². The number of allylic oxidation sites excluding steroid dienone is 4. The van der Waals surface area contributed by atoms with Crippen molar-refractivity contribution in [1.82, 2.24) is 0 Å². The Hall–Kier alpha value is -1.15. The van der Waals surface area contributed by atoms with Crippen molar-refractivity contribution in [3.05, 3.63) is 23.8 Å². The van der Waals surface area contributed by atoms with E-state index in [-0.39, 0.29) is 30.8 Å². The molecule has 10 heteroatoms. The maximum atomic E-state index is 15.7. The number of rotatable bonds is 4. The van der Waals surface area contributed by atoms with Crippen molar-refractivity contribution in [1.29, 1.82) is 0 Å². The normalized spacial score (nSPS) is 46.4. The van der Waals surface area contributed by atoms with E-state index in [9.17, 15) is 19.5 Å². The number of aliphatic hydroxyl groups excluding tert-OH is 1. The highest BCUT2D eigenvalue weighted by molar-refractivity contribution is 6.53. The topological polar surface area (TPSA) is 89.9 Å². The number of hydrogen-bond donors (Lipinski definition) is 1. The molecule has 194 valence electrons. The van der Waals surface area contributed by atoms with Crippen LogP contribution < -0.4 is 0 Å². The summed E-state index contributed by atoms with van der Waals surface area (Å²) in [4.78, 5) is 35.3. The van der Waals surface area contributed by atoms with Gasteiger partial charge in [0.25, 0.3) is 0 Å². The smallest absolute Gasteiger partial charge is 0.351 e. The minimum Gasteiger partial charge on any atom is -0.463 e. The summed E-state index contributed by atoms with van der Waals surface area (Å²) in [5.74, 6) is -3.64. The fraction of sp³-hybridized carbons (Fsp3) is 0.720. The van der Waals surface area contributed by atoms with Crippen molar-refractivity contribution in [3.8, 4) is 0 Å². The molecule has 0 amide bonds. The molecule has 6 nitrogen and oxygen atoms in total. The first kappa shape index (κ1) is 26.9.